The van der Waals surface area contributed by atoms with Crippen LogP contribution >= 0.6 is 0 Å². The molecule has 1 aliphatic heterocycles. The molecule has 1 fully saturated rings. The number of aliphatic hydroxyl groups is 5. The molecule has 67 heavy (non-hydrogen) atoms. The van der Waals surface area contributed by atoms with Crippen molar-refractivity contribution in [2.24, 2.45) is 0 Å². The fourth-order valence-corrected chi connectivity index (χ4v) is 8.98. The van der Waals surface area contributed by atoms with Gasteiger partial charge in [-0.2, -0.15) is 0 Å². The Balaban J connectivity index is 2.22. The average Bonchev–Trinajstić information content (AvgIpc) is 3.33. The number of nitrogens with one attached hydrogen (secondary N) is 1. The summed E-state index contributed by atoms with van der Waals surface area (Å²) >= 11 is 0. The second kappa shape index (κ2) is 47.8. The summed E-state index contributed by atoms with van der Waals surface area (Å²) in [6.07, 6.45) is 55.6. The first-order chi connectivity index (χ1) is 32.8. The first kappa shape index (κ1) is 63.2. The summed E-state index contributed by atoms with van der Waals surface area (Å²) in [6, 6.07) is -0.729. The second-order valence-electron chi connectivity index (χ2n) is 19.7. The molecular formula is C58H107NO8. The Hall–Kier alpha value is -1.85. The number of unbranched alkanes of at least 4 members (excludes halogenated alkanes) is 30. The SMILES string of the molecule is CC/C=C\C/C=C\C/C=C\C/C=C\CCCCCCCCC(=O)NC(COC1OC(CO)C(O)C(O)C1O)C(O)CCCCCCCCCCCCCCCCCCCCCCCCCCC. The molecule has 1 heterocycles. The van der Waals surface area contributed by atoms with Crippen LogP contribution in [0.4, 0.5) is 0 Å². The zero-order valence-corrected chi connectivity index (χ0v) is 43.4. The zero-order chi connectivity index (χ0) is 48.7. The van der Waals surface area contributed by atoms with E-state index in [4.69, 9.17) is 9.47 Å². The molecule has 0 aliphatic carbocycles. The highest BCUT2D eigenvalue weighted by Gasteiger charge is 2.44. The van der Waals surface area contributed by atoms with Crippen molar-refractivity contribution < 1.29 is 39.8 Å². The van der Waals surface area contributed by atoms with Crippen molar-refractivity contribution in [1.29, 1.82) is 0 Å². The van der Waals surface area contributed by atoms with Gasteiger partial charge in [0.15, 0.2) is 6.29 Å². The molecule has 1 aliphatic rings. The van der Waals surface area contributed by atoms with Crippen molar-refractivity contribution in [1.82, 2.24) is 5.32 Å². The quantitative estimate of drug-likeness (QED) is 0.0261. The van der Waals surface area contributed by atoms with Gasteiger partial charge < -0.3 is 40.3 Å². The predicted molar refractivity (Wildman–Crippen MR) is 281 cm³/mol. The van der Waals surface area contributed by atoms with Crippen LogP contribution in [-0.4, -0.2) is 87.5 Å². The molecule has 0 spiro atoms. The molecule has 0 radical (unpaired) electrons. The maximum absolute atomic E-state index is 13.1. The maximum atomic E-state index is 13.1. The van der Waals surface area contributed by atoms with Crippen LogP contribution in [-0.2, 0) is 14.3 Å². The largest absolute Gasteiger partial charge is 0.394 e. The molecule has 6 N–H and O–H groups in total. The number of aliphatic hydroxyl groups excluding tert-OH is 5. The third-order valence-corrected chi connectivity index (χ3v) is 13.4. The van der Waals surface area contributed by atoms with Gasteiger partial charge in [0.2, 0.25) is 5.91 Å². The highest BCUT2D eigenvalue weighted by Crippen LogP contribution is 2.23. The predicted octanol–water partition coefficient (Wildman–Crippen LogP) is 13.7. The standard InChI is InChI=1S/C58H107NO8/c1-3-5-7-9-11-13-15-17-19-21-23-24-25-26-27-28-30-31-33-35-37-39-41-43-45-47-52(61)51(50-66-58-57(65)56(64)55(63)53(49-60)67-58)59-54(62)48-46-44-42-40-38-36-34-32-29-22-20-18-16-14-12-10-8-6-4-2/h6,8,12,14,18,20,29,32,51-53,55-58,60-61,63-65H,3-5,7,9-11,13,15-17,19,21-28,30-31,33-50H2,1-2H3,(H,59,62)/b8-6-,14-12-,20-18-,32-29-. The number of rotatable bonds is 48. The number of hydrogen-bond acceptors (Lipinski definition) is 8. The number of carbonyl (C=O) groups is 1. The summed E-state index contributed by atoms with van der Waals surface area (Å²) in [6.45, 7) is 3.74. The number of hydrogen-bond donors (Lipinski definition) is 6. The van der Waals surface area contributed by atoms with E-state index in [0.29, 0.717) is 12.8 Å². The van der Waals surface area contributed by atoms with Crippen LogP contribution in [0.2, 0.25) is 0 Å². The van der Waals surface area contributed by atoms with Crippen molar-refractivity contribution in [3.63, 3.8) is 0 Å². The number of amides is 1. The van der Waals surface area contributed by atoms with E-state index in [0.717, 1.165) is 77.0 Å². The molecule has 0 saturated carbocycles. The van der Waals surface area contributed by atoms with Gasteiger partial charge in [-0.1, -0.05) is 249 Å². The Morgan fingerprint density at radius 3 is 1.37 bits per heavy atom. The van der Waals surface area contributed by atoms with E-state index in [9.17, 15) is 30.3 Å². The first-order valence-electron chi connectivity index (χ1n) is 28.3. The van der Waals surface area contributed by atoms with Gasteiger partial charge in [0.05, 0.1) is 25.4 Å². The molecule has 0 aromatic heterocycles. The Morgan fingerprint density at radius 1 is 0.522 bits per heavy atom. The maximum Gasteiger partial charge on any atom is 0.220 e. The smallest absolute Gasteiger partial charge is 0.220 e. The second-order valence-corrected chi connectivity index (χ2v) is 19.7. The molecular weight excluding hydrogens is 839 g/mol. The normalized spacial score (nSPS) is 20.0. The Morgan fingerprint density at radius 2 is 0.925 bits per heavy atom. The molecule has 9 nitrogen and oxygen atoms in total. The van der Waals surface area contributed by atoms with Gasteiger partial charge in [-0.25, -0.2) is 0 Å². The number of ether oxygens (including phenoxy) is 2. The van der Waals surface area contributed by atoms with Gasteiger partial charge >= 0.3 is 0 Å². The lowest BCUT2D eigenvalue weighted by Gasteiger charge is -2.40. The Kier molecular flexibility index (Phi) is 45.1. The summed E-state index contributed by atoms with van der Waals surface area (Å²) in [4.78, 5) is 13.1. The molecule has 0 bridgehead atoms. The molecule has 7 unspecified atom stereocenters. The monoisotopic (exact) mass is 946 g/mol. The van der Waals surface area contributed by atoms with Gasteiger partial charge in [-0.05, 0) is 51.4 Å². The fourth-order valence-electron chi connectivity index (χ4n) is 8.98. The fraction of sp³-hybridized carbons (Fsp3) is 0.845. The van der Waals surface area contributed by atoms with E-state index in [1.165, 1.54) is 154 Å². The van der Waals surface area contributed by atoms with Gasteiger partial charge in [0.25, 0.3) is 0 Å². The van der Waals surface area contributed by atoms with Crippen molar-refractivity contribution >= 4 is 5.91 Å². The lowest BCUT2D eigenvalue weighted by molar-refractivity contribution is -0.302. The summed E-state index contributed by atoms with van der Waals surface area (Å²) in [5.74, 6) is -0.157. The third-order valence-electron chi connectivity index (χ3n) is 13.4. The molecule has 1 saturated heterocycles. The van der Waals surface area contributed by atoms with Crippen LogP contribution in [0.15, 0.2) is 48.6 Å². The summed E-state index contributed by atoms with van der Waals surface area (Å²) in [5, 5.41) is 54.7. The van der Waals surface area contributed by atoms with E-state index < -0.39 is 49.5 Å². The van der Waals surface area contributed by atoms with Crippen molar-refractivity contribution in [2.75, 3.05) is 13.2 Å². The number of allylic oxidation sites excluding steroid dienone is 8. The van der Waals surface area contributed by atoms with Gasteiger partial charge in [-0.15, -0.1) is 0 Å². The van der Waals surface area contributed by atoms with E-state index in [1.807, 2.05) is 0 Å². The van der Waals surface area contributed by atoms with E-state index in [-0.39, 0.29) is 12.5 Å². The third kappa shape index (κ3) is 37.6. The zero-order valence-electron chi connectivity index (χ0n) is 43.4. The van der Waals surface area contributed by atoms with Crippen molar-refractivity contribution in [2.45, 2.75) is 301 Å². The first-order valence-corrected chi connectivity index (χ1v) is 28.3. The van der Waals surface area contributed by atoms with E-state index in [2.05, 4.69) is 67.8 Å². The Labute approximate surface area is 412 Å². The summed E-state index contributed by atoms with van der Waals surface area (Å²) < 4.78 is 11.3. The van der Waals surface area contributed by atoms with Crippen LogP contribution < -0.4 is 5.32 Å². The topological polar surface area (TPSA) is 149 Å². The van der Waals surface area contributed by atoms with Crippen molar-refractivity contribution in [3.8, 4) is 0 Å². The van der Waals surface area contributed by atoms with Crippen LogP contribution in [0.25, 0.3) is 0 Å². The van der Waals surface area contributed by atoms with E-state index >= 15 is 0 Å². The van der Waals surface area contributed by atoms with Crippen LogP contribution in [0.1, 0.15) is 258 Å². The lowest BCUT2D eigenvalue weighted by Crippen LogP contribution is -2.60. The minimum atomic E-state index is -1.56. The molecule has 7 atom stereocenters. The minimum absolute atomic E-state index is 0.145. The summed E-state index contributed by atoms with van der Waals surface area (Å²) in [7, 11) is 0. The average molecular weight is 946 g/mol. The summed E-state index contributed by atoms with van der Waals surface area (Å²) in [5.41, 5.74) is 0. The Bertz CT molecular complexity index is 1190. The van der Waals surface area contributed by atoms with Gasteiger partial charge in [0, 0.05) is 6.42 Å². The molecule has 392 valence electrons. The molecule has 1 rings (SSSR count). The highest BCUT2D eigenvalue weighted by molar-refractivity contribution is 5.76. The molecule has 0 aromatic rings. The van der Waals surface area contributed by atoms with Crippen LogP contribution in [0, 0.1) is 0 Å². The van der Waals surface area contributed by atoms with Gasteiger partial charge in [0.1, 0.15) is 24.4 Å². The minimum Gasteiger partial charge on any atom is -0.394 e. The number of carbonyl (C=O) groups excluding carboxylic acids is 1. The van der Waals surface area contributed by atoms with Crippen LogP contribution in [0.5, 0.6) is 0 Å². The van der Waals surface area contributed by atoms with Gasteiger partial charge in [-0.3, -0.25) is 4.79 Å². The van der Waals surface area contributed by atoms with Crippen molar-refractivity contribution in [3.05, 3.63) is 48.6 Å². The molecule has 1 amide bonds. The van der Waals surface area contributed by atoms with E-state index in [1.54, 1.807) is 0 Å². The molecule has 0 aromatic carbocycles. The highest BCUT2D eigenvalue weighted by atomic mass is 16.7. The lowest BCUT2D eigenvalue weighted by atomic mass is 9.99. The molecule has 9 heteroatoms. The van der Waals surface area contributed by atoms with Crippen LogP contribution in [0.3, 0.4) is 0 Å².